The van der Waals surface area contributed by atoms with Crippen molar-refractivity contribution in [1.82, 2.24) is 0 Å². The summed E-state index contributed by atoms with van der Waals surface area (Å²) < 4.78 is 6.77. The van der Waals surface area contributed by atoms with Gasteiger partial charge in [-0.15, -0.1) is 0 Å². The van der Waals surface area contributed by atoms with Crippen LogP contribution in [0.3, 0.4) is 0 Å². The number of ether oxygens (including phenoxy) is 1. The van der Waals surface area contributed by atoms with Gasteiger partial charge in [0.1, 0.15) is 11.5 Å². The maximum absolute atomic E-state index is 6.09. The first-order chi connectivity index (χ1) is 8.97. The molecule has 2 nitrogen and oxygen atoms in total. The molecule has 0 bridgehead atoms. The summed E-state index contributed by atoms with van der Waals surface area (Å²) in [6.07, 6.45) is 0. The second kappa shape index (κ2) is 6.14. The summed E-state index contributed by atoms with van der Waals surface area (Å²) in [7, 11) is 0. The smallest absolute Gasteiger partial charge is 0.146 e. The molecular weight excluding hydrogens is 349 g/mol. The topological polar surface area (TPSA) is 35.2 Å². The van der Waals surface area contributed by atoms with E-state index < -0.39 is 0 Å². The first kappa shape index (κ1) is 14.7. The summed E-state index contributed by atoms with van der Waals surface area (Å²) in [6, 6.07) is 10.6. The van der Waals surface area contributed by atoms with E-state index in [1.165, 1.54) is 0 Å². The molecule has 100 valence electrons. The Labute approximate surface area is 130 Å². The summed E-state index contributed by atoms with van der Waals surface area (Å²) in [5.41, 5.74) is 6.85. The normalized spacial score (nSPS) is 12.3. The second-order valence-corrected chi connectivity index (χ2v) is 5.91. The van der Waals surface area contributed by atoms with Gasteiger partial charge in [0.05, 0.1) is 5.02 Å². The fourth-order valence-electron chi connectivity index (χ4n) is 1.64. The first-order valence-corrected chi connectivity index (χ1v) is 7.20. The Balaban J connectivity index is 2.38. The summed E-state index contributed by atoms with van der Waals surface area (Å²) in [5.74, 6) is 1.23. The molecule has 2 aromatic rings. The van der Waals surface area contributed by atoms with Gasteiger partial charge in [0, 0.05) is 21.1 Å². The van der Waals surface area contributed by atoms with Crippen molar-refractivity contribution in [3.05, 3.63) is 56.5 Å². The van der Waals surface area contributed by atoms with E-state index >= 15 is 0 Å². The summed E-state index contributed by atoms with van der Waals surface area (Å²) in [6.45, 7) is 1.90. The number of benzene rings is 2. The molecule has 1 unspecified atom stereocenters. The van der Waals surface area contributed by atoms with Gasteiger partial charge in [-0.25, -0.2) is 0 Å². The van der Waals surface area contributed by atoms with Gasteiger partial charge in [-0.3, -0.25) is 0 Å². The first-order valence-electron chi connectivity index (χ1n) is 5.65. The van der Waals surface area contributed by atoms with E-state index in [2.05, 4.69) is 15.9 Å². The van der Waals surface area contributed by atoms with Crippen molar-refractivity contribution in [3.63, 3.8) is 0 Å². The third-order valence-electron chi connectivity index (χ3n) is 2.58. The van der Waals surface area contributed by atoms with Crippen LogP contribution in [-0.2, 0) is 0 Å². The molecule has 0 fully saturated rings. The second-order valence-electron chi connectivity index (χ2n) is 4.15. The summed E-state index contributed by atoms with van der Waals surface area (Å²) in [4.78, 5) is 0. The van der Waals surface area contributed by atoms with Gasteiger partial charge in [0.15, 0.2) is 0 Å². The fraction of sp³-hybridized carbons (Fsp3) is 0.143. The Bertz CT molecular complexity index is 602. The molecule has 2 aromatic carbocycles. The molecule has 0 heterocycles. The van der Waals surface area contributed by atoms with Crippen molar-refractivity contribution in [3.8, 4) is 11.5 Å². The van der Waals surface area contributed by atoms with Crippen LogP contribution in [0, 0.1) is 0 Å². The Morgan fingerprint density at radius 3 is 2.42 bits per heavy atom. The lowest BCUT2D eigenvalue weighted by atomic mass is 10.1. The van der Waals surface area contributed by atoms with Crippen LogP contribution >= 0.6 is 39.1 Å². The van der Waals surface area contributed by atoms with E-state index in [4.69, 9.17) is 33.7 Å². The SMILES string of the molecule is CC(N)c1cc(Br)ccc1Oc1ccc(Cl)cc1Cl. The number of halogens is 3. The molecule has 0 amide bonds. The molecule has 0 saturated carbocycles. The third kappa shape index (κ3) is 3.63. The molecule has 0 aliphatic heterocycles. The van der Waals surface area contributed by atoms with E-state index in [9.17, 15) is 0 Å². The molecule has 0 aliphatic rings. The third-order valence-corrected chi connectivity index (χ3v) is 3.60. The Hall–Kier alpha value is -0.740. The minimum absolute atomic E-state index is 0.140. The maximum atomic E-state index is 6.09. The van der Waals surface area contributed by atoms with Crippen molar-refractivity contribution >= 4 is 39.1 Å². The molecule has 0 aliphatic carbocycles. The van der Waals surface area contributed by atoms with Gasteiger partial charge in [-0.1, -0.05) is 39.1 Å². The van der Waals surface area contributed by atoms with Crippen LogP contribution in [-0.4, -0.2) is 0 Å². The molecule has 2 N–H and O–H groups in total. The zero-order valence-electron chi connectivity index (χ0n) is 10.2. The number of nitrogens with two attached hydrogens (primary N) is 1. The number of hydrogen-bond acceptors (Lipinski definition) is 2. The monoisotopic (exact) mass is 359 g/mol. The molecule has 0 spiro atoms. The summed E-state index contributed by atoms with van der Waals surface area (Å²) >= 11 is 15.4. The van der Waals surface area contributed by atoms with E-state index in [0.717, 1.165) is 10.0 Å². The average molecular weight is 361 g/mol. The highest BCUT2D eigenvalue weighted by Gasteiger charge is 2.11. The molecule has 0 radical (unpaired) electrons. The van der Waals surface area contributed by atoms with Crippen LogP contribution in [0.15, 0.2) is 40.9 Å². The predicted molar refractivity (Wildman–Crippen MR) is 83.3 cm³/mol. The molecule has 0 aromatic heterocycles. The lowest BCUT2D eigenvalue weighted by molar-refractivity contribution is 0.472. The quantitative estimate of drug-likeness (QED) is 0.776. The fourth-order valence-corrected chi connectivity index (χ4v) is 2.47. The minimum atomic E-state index is -0.140. The van der Waals surface area contributed by atoms with Crippen LogP contribution in [0.4, 0.5) is 0 Å². The number of hydrogen-bond donors (Lipinski definition) is 1. The maximum Gasteiger partial charge on any atom is 0.146 e. The van der Waals surface area contributed by atoms with Crippen molar-refractivity contribution in [2.45, 2.75) is 13.0 Å². The molecule has 2 rings (SSSR count). The van der Waals surface area contributed by atoms with Crippen LogP contribution in [0.1, 0.15) is 18.5 Å². The molecule has 5 heteroatoms. The van der Waals surface area contributed by atoms with E-state index in [1.807, 2.05) is 25.1 Å². The highest BCUT2D eigenvalue weighted by Crippen LogP contribution is 2.35. The lowest BCUT2D eigenvalue weighted by Gasteiger charge is -2.15. The van der Waals surface area contributed by atoms with Gasteiger partial charge in [-0.05, 0) is 43.3 Å². The van der Waals surface area contributed by atoms with E-state index in [1.54, 1.807) is 18.2 Å². The Morgan fingerprint density at radius 1 is 1.11 bits per heavy atom. The van der Waals surface area contributed by atoms with Gasteiger partial charge in [0.2, 0.25) is 0 Å². The molecule has 19 heavy (non-hydrogen) atoms. The molecular formula is C14H12BrCl2NO. The molecule has 0 saturated heterocycles. The van der Waals surface area contributed by atoms with Crippen LogP contribution in [0.2, 0.25) is 10.0 Å². The van der Waals surface area contributed by atoms with Crippen LogP contribution in [0.25, 0.3) is 0 Å². The van der Waals surface area contributed by atoms with Gasteiger partial charge in [0.25, 0.3) is 0 Å². The van der Waals surface area contributed by atoms with Crippen molar-refractivity contribution in [1.29, 1.82) is 0 Å². The summed E-state index contributed by atoms with van der Waals surface area (Å²) in [5, 5.41) is 1.03. The van der Waals surface area contributed by atoms with Crippen molar-refractivity contribution in [2.24, 2.45) is 5.73 Å². The number of rotatable bonds is 3. The molecule has 1 atom stereocenters. The van der Waals surface area contributed by atoms with Crippen molar-refractivity contribution < 1.29 is 4.74 Å². The average Bonchev–Trinajstić information content (AvgIpc) is 2.34. The Morgan fingerprint density at radius 2 is 1.79 bits per heavy atom. The highest BCUT2D eigenvalue weighted by atomic mass is 79.9. The Kier molecular flexibility index (Phi) is 4.74. The zero-order valence-corrected chi connectivity index (χ0v) is 13.3. The van der Waals surface area contributed by atoms with Gasteiger partial charge < -0.3 is 10.5 Å². The predicted octanol–water partition coefficient (Wildman–Crippen LogP) is 5.57. The van der Waals surface area contributed by atoms with Gasteiger partial charge in [-0.2, -0.15) is 0 Å². The highest BCUT2D eigenvalue weighted by molar-refractivity contribution is 9.10. The van der Waals surface area contributed by atoms with E-state index in [0.29, 0.717) is 21.5 Å². The largest absolute Gasteiger partial charge is 0.455 e. The lowest BCUT2D eigenvalue weighted by Crippen LogP contribution is -2.06. The van der Waals surface area contributed by atoms with Crippen molar-refractivity contribution in [2.75, 3.05) is 0 Å². The van der Waals surface area contributed by atoms with Crippen LogP contribution < -0.4 is 10.5 Å². The van der Waals surface area contributed by atoms with E-state index in [-0.39, 0.29) is 6.04 Å². The van der Waals surface area contributed by atoms with Crippen LogP contribution in [0.5, 0.6) is 11.5 Å². The standard InChI is InChI=1S/C14H12BrCl2NO/c1-8(18)11-6-9(15)2-4-13(11)19-14-5-3-10(16)7-12(14)17/h2-8H,18H2,1H3. The van der Waals surface area contributed by atoms with Gasteiger partial charge >= 0.3 is 0 Å². The zero-order chi connectivity index (χ0) is 14.0. The minimum Gasteiger partial charge on any atom is -0.455 e.